The van der Waals surface area contributed by atoms with E-state index in [0.717, 1.165) is 24.3 Å². The lowest BCUT2D eigenvalue weighted by Crippen LogP contribution is -2.17. The standard InChI is InChI=1S/C20H16FN3O5S/c1-28-19-11-14(12-23-24-20(25)15-3-2-10-22-13-15)4-9-18(19)29-30(26,27)17-7-5-16(21)6-8-17/h2-13H,1H3,(H,24,25)/b23-12-. The third-order valence-corrected chi connectivity index (χ3v) is 5.04. The molecule has 0 spiro atoms. The Morgan fingerprint density at radius 1 is 1.13 bits per heavy atom. The average Bonchev–Trinajstić information content (AvgIpc) is 2.75. The summed E-state index contributed by atoms with van der Waals surface area (Å²) in [6, 6.07) is 11.8. The third kappa shape index (κ3) is 5.17. The number of aromatic nitrogens is 1. The number of ether oxygens (including phenoxy) is 1. The lowest BCUT2D eigenvalue weighted by molar-refractivity contribution is 0.0954. The molecule has 10 heteroatoms. The first-order valence-electron chi connectivity index (χ1n) is 8.50. The number of halogens is 1. The lowest BCUT2D eigenvalue weighted by Gasteiger charge is -2.11. The number of carbonyl (C=O) groups is 1. The second-order valence-corrected chi connectivity index (χ2v) is 7.39. The summed E-state index contributed by atoms with van der Waals surface area (Å²) < 4.78 is 48.0. The smallest absolute Gasteiger partial charge is 0.339 e. The highest BCUT2D eigenvalue weighted by atomic mass is 32.2. The predicted octanol–water partition coefficient (Wildman–Crippen LogP) is 2.76. The van der Waals surface area contributed by atoms with Crippen LogP contribution in [0.25, 0.3) is 0 Å². The minimum Gasteiger partial charge on any atom is -0.493 e. The van der Waals surface area contributed by atoms with Gasteiger partial charge in [-0.25, -0.2) is 9.82 Å². The molecular formula is C20H16FN3O5S. The van der Waals surface area contributed by atoms with E-state index < -0.39 is 21.8 Å². The van der Waals surface area contributed by atoms with Gasteiger partial charge in [-0.1, -0.05) is 0 Å². The van der Waals surface area contributed by atoms with Gasteiger partial charge < -0.3 is 8.92 Å². The van der Waals surface area contributed by atoms with Crippen molar-refractivity contribution in [3.63, 3.8) is 0 Å². The maximum Gasteiger partial charge on any atom is 0.339 e. The highest BCUT2D eigenvalue weighted by Gasteiger charge is 2.19. The number of nitrogens with one attached hydrogen (secondary N) is 1. The number of hydrazone groups is 1. The zero-order valence-electron chi connectivity index (χ0n) is 15.7. The fraction of sp³-hybridized carbons (Fsp3) is 0.0500. The lowest BCUT2D eigenvalue weighted by atomic mass is 10.2. The number of hydrogen-bond acceptors (Lipinski definition) is 7. The van der Waals surface area contributed by atoms with E-state index in [2.05, 4.69) is 15.5 Å². The second-order valence-electron chi connectivity index (χ2n) is 5.84. The maximum absolute atomic E-state index is 13.0. The number of amides is 1. The molecule has 30 heavy (non-hydrogen) atoms. The number of methoxy groups -OCH3 is 1. The number of carbonyl (C=O) groups excluding carboxylic acids is 1. The normalized spacial score (nSPS) is 11.3. The SMILES string of the molecule is COc1cc(/C=N\NC(=O)c2cccnc2)ccc1OS(=O)(=O)c1ccc(F)cc1. The van der Waals surface area contributed by atoms with Crippen LogP contribution in [0.4, 0.5) is 4.39 Å². The first-order chi connectivity index (χ1) is 14.4. The summed E-state index contributed by atoms with van der Waals surface area (Å²) in [5.74, 6) is -0.927. The number of pyridine rings is 1. The summed E-state index contributed by atoms with van der Waals surface area (Å²) in [6.07, 6.45) is 4.31. The van der Waals surface area contributed by atoms with Crippen LogP contribution in [-0.2, 0) is 10.1 Å². The van der Waals surface area contributed by atoms with E-state index in [0.29, 0.717) is 11.1 Å². The monoisotopic (exact) mass is 429 g/mol. The molecule has 3 aromatic rings. The highest BCUT2D eigenvalue weighted by Crippen LogP contribution is 2.30. The molecule has 0 fully saturated rings. The summed E-state index contributed by atoms with van der Waals surface area (Å²) in [7, 11) is -2.83. The van der Waals surface area contributed by atoms with Gasteiger partial charge >= 0.3 is 10.1 Å². The molecule has 0 atom stereocenters. The van der Waals surface area contributed by atoms with Crippen LogP contribution >= 0.6 is 0 Å². The van der Waals surface area contributed by atoms with Crippen molar-refractivity contribution in [1.29, 1.82) is 0 Å². The first-order valence-corrected chi connectivity index (χ1v) is 9.91. The summed E-state index contributed by atoms with van der Waals surface area (Å²) >= 11 is 0. The van der Waals surface area contributed by atoms with Crippen molar-refractivity contribution < 1.29 is 26.5 Å². The minimum absolute atomic E-state index is 0.0571. The van der Waals surface area contributed by atoms with Crippen LogP contribution in [-0.4, -0.2) is 32.6 Å². The number of benzene rings is 2. The zero-order valence-corrected chi connectivity index (χ0v) is 16.5. The molecule has 1 heterocycles. The Labute approximate surface area is 172 Å². The van der Waals surface area contributed by atoms with E-state index >= 15 is 0 Å². The van der Waals surface area contributed by atoms with Gasteiger partial charge in [-0.2, -0.15) is 13.5 Å². The van der Waals surface area contributed by atoms with Crippen molar-refractivity contribution in [3.8, 4) is 11.5 Å². The Hall–Kier alpha value is -3.79. The van der Waals surface area contributed by atoms with Gasteiger partial charge in [-0.05, 0) is 60.2 Å². The molecule has 0 aliphatic rings. The highest BCUT2D eigenvalue weighted by molar-refractivity contribution is 7.87. The molecule has 3 rings (SSSR count). The van der Waals surface area contributed by atoms with Gasteiger partial charge in [0.2, 0.25) is 0 Å². The van der Waals surface area contributed by atoms with Crippen LogP contribution in [0.1, 0.15) is 15.9 Å². The van der Waals surface area contributed by atoms with Gasteiger partial charge in [0, 0.05) is 12.4 Å². The van der Waals surface area contributed by atoms with Gasteiger partial charge in [0.05, 0.1) is 18.9 Å². The molecular weight excluding hydrogens is 413 g/mol. The molecule has 154 valence electrons. The van der Waals surface area contributed by atoms with Crippen molar-refractivity contribution >= 4 is 22.2 Å². The molecule has 0 saturated carbocycles. The molecule has 0 aliphatic heterocycles. The molecule has 1 N–H and O–H groups in total. The zero-order chi connectivity index (χ0) is 21.6. The van der Waals surface area contributed by atoms with Gasteiger partial charge in [-0.3, -0.25) is 9.78 Å². The van der Waals surface area contributed by atoms with Crippen molar-refractivity contribution in [2.45, 2.75) is 4.90 Å². The molecule has 2 aromatic carbocycles. The summed E-state index contributed by atoms with van der Waals surface area (Å²) in [4.78, 5) is 15.6. The summed E-state index contributed by atoms with van der Waals surface area (Å²) in [6.45, 7) is 0. The fourth-order valence-electron chi connectivity index (χ4n) is 2.33. The number of nitrogens with zero attached hydrogens (tertiary/aromatic N) is 2. The van der Waals surface area contributed by atoms with E-state index in [1.807, 2.05) is 0 Å². The molecule has 0 radical (unpaired) electrons. The molecule has 0 bridgehead atoms. The van der Waals surface area contributed by atoms with Gasteiger partial charge in [0.25, 0.3) is 5.91 Å². The summed E-state index contributed by atoms with van der Waals surface area (Å²) in [5, 5.41) is 3.85. The molecule has 0 aliphatic carbocycles. The Kier molecular flexibility index (Phi) is 6.38. The van der Waals surface area contributed by atoms with Crippen LogP contribution in [0.3, 0.4) is 0 Å². The van der Waals surface area contributed by atoms with Crippen molar-refractivity contribution in [2.24, 2.45) is 5.10 Å². The predicted molar refractivity (Wildman–Crippen MR) is 107 cm³/mol. The van der Waals surface area contributed by atoms with Crippen molar-refractivity contribution in [1.82, 2.24) is 10.4 Å². The average molecular weight is 429 g/mol. The molecule has 0 saturated heterocycles. The first kappa shape index (κ1) is 20.9. The van der Waals surface area contributed by atoms with E-state index in [9.17, 15) is 17.6 Å². The van der Waals surface area contributed by atoms with Gasteiger partial charge in [0.15, 0.2) is 11.5 Å². The van der Waals surface area contributed by atoms with E-state index in [1.165, 1.54) is 37.7 Å². The Morgan fingerprint density at radius 3 is 2.57 bits per heavy atom. The fourth-order valence-corrected chi connectivity index (χ4v) is 3.27. The van der Waals surface area contributed by atoms with Gasteiger partial charge in [-0.15, -0.1) is 0 Å². The Balaban J connectivity index is 1.73. The minimum atomic E-state index is -4.18. The van der Waals surface area contributed by atoms with Crippen LogP contribution in [0.5, 0.6) is 11.5 Å². The topological polar surface area (TPSA) is 107 Å². The molecule has 0 unspecified atom stereocenters. The molecule has 8 nitrogen and oxygen atoms in total. The van der Waals surface area contributed by atoms with Gasteiger partial charge in [0.1, 0.15) is 10.7 Å². The molecule has 1 aromatic heterocycles. The van der Waals surface area contributed by atoms with Crippen LogP contribution in [0.15, 0.2) is 77.0 Å². The summed E-state index contributed by atoms with van der Waals surface area (Å²) in [5.41, 5.74) is 3.22. The third-order valence-electron chi connectivity index (χ3n) is 3.79. The number of rotatable bonds is 7. The largest absolute Gasteiger partial charge is 0.493 e. The van der Waals surface area contributed by atoms with E-state index in [4.69, 9.17) is 8.92 Å². The van der Waals surface area contributed by atoms with E-state index in [-0.39, 0.29) is 16.4 Å². The molecule has 1 amide bonds. The van der Waals surface area contributed by atoms with Crippen LogP contribution in [0, 0.1) is 5.82 Å². The van der Waals surface area contributed by atoms with E-state index in [1.54, 1.807) is 18.3 Å². The van der Waals surface area contributed by atoms with Crippen LogP contribution in [0.2, 0.25) is 0 Å². The Bertz CT molecular complexity index is 1170. The number of hydrogen-bond donors (Lipinski definition) is 1. The van der Waals surface area contributed by atoms with Crippen LogP contribution < -0.4 is 14.3 Å². The quantitative estimate of drug-likeness (QED) is 0.352. The maximum atomic E-state index is 13.0. The van der Waals surface area contributed by atoms with Crippen molar-refractivity contribution in [3.05, 3.63) is 83.9 Å². The van der Waals surface area contributed by atoms with Crippen molar-refractivity contribution in [2.75, 3.05) is 7.11 Å². The second kappa shape index (κ2) is 9.14. The Morgan fingerprint density at radius 2 is 1.90 bits per heavy atom.